The van der Waals surface area contributed by atoms with Gasteiger partial charge in [0.2, 0.25) is 11.8 Å². The largest absolute Gasteiger partial charge is 0.489 e. The predicted molar refractivity (Wildman–Crippen MR) is 140 cm³/mol. The highest BCUT2D eigenvalue weighted by molar-refractivity contribution is 9.10. The number of rotatable bonds is 9. The Balaban J connectivity index is 1.62. The molecule has 1 atom stereocenters. The highest BCUT2D eigenvalue weighted by atomic mass is 79.9. The molecule has 1 aliphatic rings. The molecule has 2 amide bonds. The maximum atomic E-state index is 14.4. The van der Waals surface area contributed by atoms with Crippen LogP contribution >= 0.6 is 15.9 Å². The van der Waals surface area contributed by atoms with E-state index in [1.54, 1.807) is 29.2 Å². The molecule has 0 saturated heterocycles. The summed E-state index contributed by atoms with van der Waals surface area (Å²) in [6, 6.07) is 7.94. The van der Waals surface area contributed by atoms with Gasteiger partial charge in [-0.15, -0.1) is 0 Å². The van der Waals surface area contributed by atoms with Gasteiger partial charge in [0.05, 0.1) is 23.4 Å². The molecule has 2 aromatic carbocycles. The van der Waals surface area contributed by atoms with Crippen molar-refractivity contribution < 1.29 is 18.7 Å². The second kappa shape index (κ2) is 11.3. The number of benzene rings is 2. The van der Waals surface area contributed by atoms with Crippen molar-refractivity contribution in [1.29, 1.82) is 0 Å². The second-order valence-corrected chi connectivity index (χ2v) is 8.79. The molecule has 0 radical (unpaired) electrons. The topological polar surface area (TPSA) is 108 Å². The fourth-order valence-corrected chi connectivity index (χ4v) is 4.05. The van der Waals surface area contributed by atoms with Crippen molar-refractivity contribution in [2.45, 2.75) is 13.1 Å². The lowest BCUT2D eigenvalue weighted by atomic mass is 10.1. The number of hydrogen-bond acceptors (Lipinski definition) is 7. The van der Waals surface area contributed by atoms with Gasteiger partial charge >= 0.3 is 0 Å². The molecule has 0 aliphatic carbocycles. The lowest BCUT2D eigenvalue weighted by Gasteiger charge is -2.27. The zero-order valence-corrected chi connectivity index (χ0v) is 21.0. The van der Waals surface area contributed by atoms with Gasteiger partial charge in [0.1, 0.15) is 36.5 Å². The van der Waals surface area contributed by atoms with Gasteiger partial charge in [-0.25, -0.2) is 14.4 Å². The monoisotopic (exact) mass is 554 g/mol. The van der Waals surface area contributed by atoms with E-state index in [0.717, 1.165) is 6.08 Å². The number of carbonyl (C=O) groups is 2. The number of amides is 2. The molecule has 3 N–H and O–H groups in total. The lowest BCUT2D eigenvalue weighted by molar-refractivity contribution is -0.131. The van der Waals surface area contributed by atoms with E-state index in [4.69, 9.17) is 4.74 Å². The minimum absolute atomic E-state index is 0.0926. The number of aromatic nitrogens is 2. The first-order valence-corrected chi connectivity index (χ1v) is 11.9. The average molecular weight is 555 g/mol. The molecule has 0 fully saturated rings. The van der Waals surface area contributed by atoms with Crippen molar-refractivity contribution >= 4 is 55.8 Å². The SMILES string of the molecule is C=CC(=O)Nc1cc2c(Nc3ccc(Br)cc3F)ncnc2cc1OCCN(C(C)=O)C1C=CCN1. The molecular formula is C25H24BrFN6O3. The first kappa shape index (κ1) is 25.3. The van der Waals surface area contributed by atoms with Crippen molar-refractivity contribution in [2.24, 2.45) is 0 Å². The van der Waals surface area contributed by atoms with Crippen molar-refractivity contribution in [3.8, 4) is 5.75 Å². The summed E-state index contributed by atoms with van der Waals surface area (Å²) < 4.78 is 21.0. The molecular weight excluding hydrogens is 531 g/mol. The normalized spacial score (nSPS) is 14.5. The van der Waals surface area contributed by atoms with Crippen LogP contribution in [0.1, 0.15) is 6.92 Å². The van der Waals surface area contributed by atoms with Crippen molar-refractivity contribution in [3.63, 3.8) is 0 Å². The van der Waals surface area contributed by atoms with Crippen LogP contribution in [0.25, 0.3) is 10.9 Å². The van der Waals surface area contributed by atoms with Gasteiger partial charge in [-0.05, 0) is 30.3 Å². The van der Waals surface area contributed by atoms with E-state index in [2.05, 4.69) is 48.4 Å². The summed E-state index contributed by atoms with van der Waals surface area (Å²) in [6.45, 7) is 6.18. The molecule has 0 bridgehead atoms. The van der Waals surface area contributed by atoms with Crippen LogP contribution in [-0.4, -0.2) is 52.5 Å². The predicted octanol–water partition coefficient (Wildman–Crippen LogP) is 4.11. The zero-order chi connectivity index (χ0) is 25.7. The number of ether oxygens (including phenoxy) is 1. The van der Waals surface area contributed by atoms with E-state index >= 15 is 0 Å². The number of carbonyl (C=O) groups excluding carboxylic acids is 2. The van der Waals surface area contributed by atoms with Gasteiger partial charge in [-0.1, -0.05) is 34.7 Å². The molecule has 1 aromatic heterocycles. The van der Waals surface area contributed by atoms with Gasteiger partial charge in [-0.3, -0.25) is 14.9 Å². The van der Waals surface area contributed by atoms with Gasteiger partial charge < -0.3 is 20.3 Å². The molecule has 9 nitrogen and oxygen atoms in total. The first-order valence-electron chi connectivity index (χ1n) is 11.1. The Kier molecular flexibility index (Phi) is 7.91. The average Bonchev–Trinajstić information content (AvgIpc) is 3.38. The van der Waals surface area contributed by atoms with E-state index in [1.165, 1.54) is 19.3 Å². The molecule has 36 heavy (non-hydrogen) atoms. The molecule has 1 unspecified atom stereocenters. The minimum Gasteiger partial charge on any atom is -0.489 e. The summed E-state index contributed by atoms with van der Waals surface area (Å²) >= 11 is 3.24. The summed E-state index contributed by atoms with van der Waals surface area (Å²) in [5, 5.41) is 9.45. The zero-order valence-electron chi connectivity index (χ0n) is 19.4. The van der Waals surface area contributed by atoms with E-state index in [9.17, 15) is 14.0 Å². The highest BCUT2D eigenvalue weighted by Gasteiger charge is 2.21. The van der Waals surface area contributed by atoms with E-state index in [1.807, 2.05) is 12.2 Å². The van der Waals surface area contributed by atoms with Gasteiger partial charge in [0, 0.05) is 29.4 Å². The smallest absolute Gasteiger partial charge is 0.247 e. The Bertz CT molecular complexity index is 1350. The Morgan fingerprint density at radius 1 is 1.31 bits per heavy atom. The standard InChI is InChI=1S/C25H24BrFN6O3/c1-3-24(35)31-21-12-17-20(29-14-30-25(17)32-19-7-6-16(26)11-18(19)27)13-22(21)36-10-9-33(15(2)34)23-5-4-8-28-23/h3-7,11-14,23,28H,1,8-10H2,2H3,(H,31,35)(H,29,30,32). The maximum absolute atomic E-state index is 14.4. The summed E-state index contributed by atoms with van der Waals surface area (Å²) in [6.07, 6.45) is 6.18. The number of halogens is 2. The molecule has 0 spiro atoms. The van der Waals surface area contributed by atoms with Gasteiger partial charge in [0.15, 0.2) is 0 Å². The number of nitrogens with zero attached hydrogens (tertiary/aromatic N) is 3. The second-order valence-electron chi connectivity index (χ2n) is 7.87. The molecule has 0 saturated carbocycles. The fraction of sp³-hybridized carbons (Fsp3) is 0.200. The minimum atomic E-state index is -0.460. The van der Waals surface area contributed by atoms with Crippen LogP contribution in [-0.2, 0) is 9.59 Å². The Hall–Kier alpha value is -3.83. The summed E-state index contributed by atoms with van der Waals surface area (Å²) in [5.74, 6) is -0.280. The van der Waals surface area contributed by atoms with E-state index in [-0.39, 0.29) is 24.4 Å². The van der Waals surface area contributed by atoms with Crippen LogP contribution < -0.4 is 20.7 Å². The van der Waals surface area contributed by atoms with Gasteiger partial charge in [0.25, 0.3) is 0 Å². The Morgan fingerprint density at radius 3 is 2.83 bits per heavy atom. The quantitative estimate of drug-likeness (QED) is 0.270. The van der Waals surface area contributed by atoms with Crippen molar-refractivity contribution in [2.75, 3.05) is 30.3 Å². The third-order valence-corrected chi connectivity index (χ3v) is 5.95. The molecule has 2 heterocycles. The third kappa shape index (κ3) is 5.86. The number of hydrogen-bond donors (Lipinski definition) is 3. The van der Waals surface area contributed by atoms with Crippen LogP contribution in [0.2, 0.25) is 0 Å². The van der Waals surface area contributed by atoms with Crippen LogP contribution in [0.5, 0.6) is 5.75 Å². The van der Waals surface area contributed by atoms with Crippen molar-refractivity contribution in [3.05, 3.63) is 71.8 Å². The van der Waals surface area contributed by atoms with Crippen molar-refractivity contribution in [1.82, 2.24) is 20.2 Å². The van der Waals surface area contributed by atoms with Crippen LogP contribution in [0, 0.1) is 5.82 Å². The third-order valence-electron chi connectivity index (χ3n) is 5.46. The Labute approximate surface area is 215 Å². The summed E-state index contributed by atoms with van der Waals surface area (Å²) in [4.78, 5) is 34.4. The molecule has 11 heteroatoms. The molecule has 4 rings (SSSR count). The van der Waals surface area contributed by atoms with Crippen LogP contribution in [0.15, 0.2) is 65.9 Å². The van der Waals surface area contributed by atoms with Crippen LogP contribution in [0.3, 0.4) is 0 Å². The summed E-state index contributed by atoms with van der Waals surface area (Å²) in [7, 11) is 0. The number of anilines is 3. The first-order chi connectivity index (χ1) is 17.4. The van der Waals surface area contributed by atoms with E-state index < -0.39 is 11.7 Å². The fourth-order valence-electron chi connectivity index (χ4n) is 3.72. The lowest BCUT2D eigenvalue weighted by Crippen LogP contribution is -2.46. The summed E-state index contributed by atoms with van der Waals surface area (Å²) in [5.41, 5.74) is 1.10. The van der Waals surface area contributed by atoms with Crippen LogP contribution in [0.4, 0.5) is 21.6 Å². The van der Waals surface area contributed by atoms with E-state index in [0.29, 0.717) is 45.7 Å². The number of nitrogens with one attached hydrogen (secondary N) is 3. The highest BCUT2D eigenvalue weighted by Crippen LogP contribution is 2.34. The Morgan fingerprint density at radius 2 is 2.14 bits per heavy atom. The molecule has 3 aromatic rings. The maximum Gasteiger partial charge on any atom is 0.247 e. The number of fused-ring (bicyclic) bond motifs is 1. The molecule has 1 aliphatic heterocycles. The molecule has 186 valence electrons. The van der Waals surface area contributed by atoms with Gasteiger partial charge in [-0.2, -0.15) is 0 Å².